The molecule has 0 aliphatic heterocycles. The summed E-state index contributed by atoms with van der Waals surface area (Å²) in [5.74, 6) is 5.18. The van der Waals surface area contributed by atoms with Crippen LogP contribution in [0.1, 0.15) is 22.6 Å². The van der Waals surface area contributed by atoms with Crippen molar-refractivity contribution in [3.8, 4) is 23.0 Å². The molecule has 0 unspecified atom stereocenters. The Morgan fingerprint density at radius 3 is 2.34 bits per heavy atom. The zero-order chi connectivity index (χ0) is 20.2. The summed E-state index contributed by atoms with van der Waals surface area (Å²) in [5.41, 5.74) is 5.18. The van der Waals surface area contributed by atoms with Gasteiger partial charge in [-0.05, 0) is 40.5 Å². The van der Waals surface area contributed by atoms with E-state index in [1.807, 2.05) is 24.3 Å². The van der Waals surface area contributed by atoms with Crippen LogP contribution < -0.4 is 5.32 Å². The zero-order valence-electron chi connectivity index (χ0n) is 15.4. The Hall–Kier alpha value is -3.29. The van der Waals surface area contributed by atoms with Crippen LogP contribution in [-0.2, 0) is 4.74 Å². The number of carbonyl (C=O) groups is 1. The number of hydrogen-bond donors (Lipinski definition) is 1. The lowest BCUT2D eigenvalue weighted by Crippen LogP contribution is -2.26. The van der Waals surface area contributed by atoms with Crippen LogP contribution in [0.4, 0.5) is 9.18 Å². The first-order valence-corrected chi connectivity index (χ1v) is 9.54. The van der Waals surface area contributed by atoms with E-state index in [0.29, 0.717) is 5.56 Å². The van der Waals surface area contributed by atoms with Gasteiger partial charge in [-0.3, -0.25) is 0 Å². The third-order valence-corrected chi connectivity index (χ3v) is 5.13. The van der Waals surface area contributed by atoms with Gasteiger partial charge in [0.1, 0.15) is 12.4 Å². The number of benzene rings is 3. The van der Waals surface area contributed by atoms with Crippen molar-refractivity contribution >= 4 is 17.7 Å². The Morgan fingerprint density at radius 1 is 1.03 bits per heavy atom. The maximum Gasteiger partial charge on any atom is 0.407 e. The van der Waals surface area contributed by atoms with Gasteiger partial charge in [0.2, 0.25) is 0 Å². The molecule has 1 aliphatic carbocycles. The van der Waals surface area contributed by atoms with Crippen molar-refractivity contribution in [2.75, 3.05) is 13.2 Å². The maximum absolute atomic E-state index is 13.0. The van der Waals surface area contributed by atoms with Gasteiger partial charge in [0.25, 0.3) is 0 Å². The first kappa shape index (κ1) is 19.0. The van der Waals surface area contributed by atoms with Crippen LogP contribution in [0.2, 0.25) is 5.02 Å². The predicted octanol–water partition coefficient (Wildman–Crippen LogP) is 5.37. The van der Waals surface area contributed by atoms with Gasteiger partial charge in [-0.1, -0.05) is 72.0 Å². The van der Waals surface area contributed by atoms with Crippen molar-refractivity contribution < 1.29 is 13.9 Å². The van der Waals surface area contributed by atoms with Crippen LogP contribution in [0, 0.1) is 17.7 Å². The van der Waals surface area contributed by atoms with E-state index in [1.54, 1.807) is 0 Å². The van der Waals surface area contributed by atoms with E-state index < -0.39 is 11.9 Å². The van der Waals surface area contributed by atoms with Crippen LogP contribution in [0.5, 0.6) is 0 Å². The van der Waals surface area contributed by atoms with Gasteiger partial charge in [-0.2, -0.15) is 0 Å². The molecule has 0 spiro atoms. The molecule has 0 bridgehead atoms. The monoisotopic (exact) mass is 405 g/mol. The van der Waals surface area contributed by atoms with Gasteiger partial charge in [0.15, 0.2) is 0 Å². The second kappa shape index (κ2) is 8.38. The number of carbonyl (C=O) groups excluding carboxylic acids is 1. The smallest absolute Gasteiger partial charge is 0.407 e. The molecule has 0 heterocycles. The molecule has 144 valence electrons. The van der Waals surface area contributed by atoms with Gasteiger partial charge >= 0.3 is 6.09 Å². The molecule has 3 aromatic rings. The van der Waals surface area contributed by atoms with Gasteiger partial charge in [0.05, 0.1) is 11.6 Å². The fourth-order valence-corrected chi connectivity index (χ4v) is 3.71. The fraction of sp³-hybridized carbons (Fsp3) is 0.125. The number of hydrogen-bond acceptors (Lipinski definition) is 2. The van der Waals surface area contributed by atoms with Crippen LogP contribution in [0.3, 0.4) is 0 Å². The first-order chi connectivity index (χ1) is 14.1. The Labute approximate surface area is 173 Å². The second-order valence-corrected chi connectivity index (χ2v) is 7.01. The number of halogens is 2. The topological polar surface area (TPSA) is 38.3 Å². The summed E-state index contributed by atoms with van der Waals surface area (Å²) in [6.45, 7) is 0.349. The third-order valence-electron chi connectivity index (χ3n) is 4.82. The van der Waals surface area contributed by atoms with Crippen molar-refractivity contribution in [3.63, 3.8) is 0 Å². The quantitative estimate of drug-likeness (QED) is 0.595. The van der Waals surface area contributed by atoms with E-state index >= 15 is 0 Å². The highest BCUT2D eigenvalue weighted by Crippen LogP contribution is 2.44. The molecule has 3 aromatic carbocycles. The number of rotatable bonds is 3. The van der Waals surface area contributed by atoms with E-state index in [1.165, 1.54) is 29.3 Å². The highest BCUT2D eigenvalue weighted by atomic mass is 35.5. The third kappa shape index (κ3) is 4.11. The lowest BCUT2D eigenvalue weighted by molar-refractivity contribution is 0.144. The van der Waals surface area contributed by atoms with Crippen LogP contribution in [-0.4, -0.2) is 19.2 Å². The van der Waals surface area contributed by atoms with Crippen LogP contribution in [0.15, 0.2) is 66.7 Å². The van der Waals surface area contributed by atoms with Crippen LogP contribution >= 0.6 is 11.6 Å². The van der Waals surface area contributed by atoms with E-state index in [-0.39, 0.29) is 24.1 Å². The van der Waals surface area contributed by atoms with Crippen molar-refractivity contribution in [2.24, 2.45) is 0 Å². The molecule has 0 atom stereocenters. The molecule has 5 heteroatoms. The fourth-order valence-electron chi connectivity index (χ4n) is 3.50. The van der Waals surface area contributed by atoms with E-state index in [0.717, 1.165) is 11.1 Å². The average molecular weight is 406 g/mol. The van der Waals surface area contributed by atoms with E-state index in [4.69, 9.17) is 16.3 Å². The largest absolute Gasteiger partial charge is 0.449 e. The summed E-state index contributed by atoms with van der Waals surface area (Å²) < 4.78 is 18.5. The molecule has 3 nitrogen and oxygen atoms in total. The first-order valence-electron chi connectivity index (χ1n) is 9.16. The van der Waals surface area contributed by atoms with Crippen molar-refractivity contribution in [1.29, 1.82) is 0 Å². The van der Waals surface area contributed by atoms with E-state index in [9.17, 15) is 9.18 Å². The lowest BCUT2D eigenvalue weighted by Gasteiger charge is -2.14. The van der Waals surface area contributed by atoms with E-state index in [2.05, 4.69) is 41.4 Å². The molecule has 0 saturated heterocycles. The molecule has 1 aliphatic rings. The van der Waals surface area contributed by atoms with Crippen molar-refractivity contribution in [3.05, 3.63) is 94.3 Å². The highest BCUT2D eigenvalue weighted by molar-refractivity contribution is 6.31. The minimum absolute atomic E-state index is 0.0113. The summed E-state index contributed by atoms with van der Waals surface area (Å²) >= 11 is 5.92. The summed E-state index contributed by atoms with van der Waals surface area (Å²) in [6.07, 6.45) is -0.536. The second-order valence-electron chi connectivity index (χ2n) is 6.61. The van der Waals surface area contributed by atoms with Gasteiger partial charge < -0.3 is 10.1 Å². The molecule has 0 saturated carbocycles. The lowest BCUT2D eigenvalue weighted by atomic mass is 9.98. The predicted molar refractivity (Wildman–Crippen MR) is 111 cm³/mol. The molecule has 0 aromatic heterocycles. The molecule has 29 heavy (non-hydrogen) atoms. The number of amides is 1. The number of nitrogens with one attached hydrogen (secondary N) is 1. The minimum Gasteiger partial charge on any atom is -0.449 e. The molecule has 1 amide bonds. The molecule has 1 N–H and O–H groups in total. The summed E-state index contributed by atoms with van der Waals surface area (Å²) in [4.78, 5) is 12.1. The standard InChI is InChI=1S/C24H17ClFNO2/c25-23-14-17(26)12-11-16(23)6-5-13-27-24(28)29-15-22-20-9-3-1-7-18(20)19-8-2-4-10-21(19)22/h1-4,7-12,14,22H,13,15H2,(H,27,28). The molecule has 0 radical (unpaired) electrons. The molecule has 4 rings (SSSR count). The normalized spacial score (nSPS) is 11.8. The Bertz CT molecular complexity index is 1090. The minimum atomic E-state index is -0.536. The SMILES string of the molecule is O=C(NCC#Cc1ccc(F)cc1Cl)OCC1c2ccccc2-c2ccccc21. The zero-order valence-corrected chi connectivity index (χ0v) is 16.2. The molecular weight excluding hydrogens is 389 g/mol. The van der Waals surface area contributed by atoms with Gasteiger partial charge in [-0.25, -0.2) is 9.18 Å². The highest BCUT2D eigenvalue weighted by Gasteiger charge is 2.28. The maximum atomic E-state index is 13.0. The Balaban J connectivity index is 1.35. The summed E-state index contributed by atoms with van der Waals surface area (Å²) in [6, 6.07) is 20.3. The summed E-state index contributed by atoms with van der Waals surface area (Å²) in [7, 11) is 0. The average Bonchev–Trinajstić information content (AvgIpc) is 3.05. The van der Waals surface area contributed by atoms with Crippen molar-refractivity contribution in [2.45, 2.75) is 5.92 Å². The van der Waals surface area contributed by atoms with Crippen molar-refractivity contribution in [1.82, 2.24) is 5.32 Å². The molecular formula is C24H17ClFNO2. The van der Waals surface area contributed by atoms with Gasteiger partial charge in [0, 0.05) is 11.5 Å². The Morgan fingerprint density at radius 2 is 1.69 bits per heavy atom. The number of fused-ring (bicyclic) bond motifs is 3. The Kier molecular flexibility index (Phi) is 5.50. The van der Waals surface area contributed by atoms with Crippen LogP contribution in [0.25, 0.3) is 11.1 Å². The number of alkyl carbamates (subject to hydrolysis) is 1. The summed E-state index contributed by atoms with van der Waals surface area (Å²) in [5, 5.41) is 2.84. The molecule has 0 fully saturated rings. The van der Waals surface area contributed by atoms with Gasteiger partial charge in [-0.15, -0.1) is 0 Å². The number of ether oxygens (including phenoxy) is 1.